The number of hydrogen-bond donors (Lipinski definition) is 1. The summed E-state index contributed by atoms with van der Waals surface area (Å²) in [7, 11) is 0. The van der Waals surface area contributed by atoms with Crippen molar-refractivity contribution in [3.63, 3.8) is 0 Å². The lowest BCUT2D eigenvalue weighted by atomic mass is 10.1. The number of rotatable bonds is 5. The van der Waals surface area contributed by atoms with E-state index in [1.807, 2.05) is 0 Å². The molecule has 0 bridgehead atoms. The van der Waals surface area contributed by atoms with Gasteiger partial charge in [-0.05, 0) is 25.0 Å². The molecular formula is C13H13BrF2N2OS. The van der Waals surface area contributed by atoms with Gasteiger partial charge in [0.05, 0.1) is 4.99 Å². The summed E-state index contributed by atoms with van der Waals surface area (Å²) in [6.07, 6.45) is 2.02. The molecule has 0 spiro atoms. The van der Waals surface area contributed by atoms with E-state index in [2.05, 4.69) is 15.9 Å². The van der Waals surface area contributed by atoms with Gasteiger partial charge >= 0.3 is 0 Å². The van der Waals surface area contributed by atoms with Crippen LogP contribution < -0.4 is 5.73 Å². The Morgan fingerprint density at radius 3 is 2.40 bits per heavy atom. The van der Waals surface area contributed by atoms with Crippen molar-refractivity contribution in [1.82, 2.24) is 4.90 Å². The SMILES string of the molecule is NC(=S)CCN(C(=O)c1c(F)cc(Br)cc1F)C1CC1. The molecule has 0 atom stereocenters. The zero-order chi connectivity index (χ0) is 14.9. The van der Waals surface area contributed by atoms with Crippen molar-refractivity contribution < 1.29 is 13.6 Å². The maximum atomic E-state index is 13.8. The molecule has 108 valence electrons. The first-order valence-electron chi connectivity index (χ1n) is 6.14. The van der Waals surface area contributed by atoms with Gasteiger partial charge in [0.1, 0.15) is 17.2 Å². The maximum Gasteiger partial charge on any atom is 0.260 e. The van der Waals surface area contributed by atoms with Crippen molar-refractivity contribution in [1.29, 1.82) is 0 Å². The van der Waals surface area contributed by atoms with Crippen LogP contribution in [0.1, 0.15) is 29.6 Å². The Bertz CT molecular complexity index is 540. The number of benzene rings is 1. The normalized spacial score (nSPS) is 14.2. The van der Waals surface area contributed by atoms with Crippen LogP contribution in [0.5, 0.6) is 0 Å². The number of amides is 1. The van der Waals surface area contributed by atoms with Gasteiger partial charge in [-0.15, -0.1) is 0 Å². The number of carbonyl (C=O) groups is 1. The van der Waals surface area contributed by atoms with Crippen molar-refractivity contribution in [2.24, 2.45) is 5.73 Å². The van der Waals surface area contributed by atoms with Gasteiger partial charge in [-0.1, -0.05) is 28.1 Å². The summed E-state index contributed by atoms with van der Waals surface area (Å²) in [4.78, 5) is 14.1. The number of halogens is 3. The Morgan fingerprint density at radius 2 is 1.95 bits per heavy atom. The molecule has 2 rings (SSSR count). The predicted molar refractivity (Wildman–Crippen MR) is 79.5 cm³/mol. The first-order chi connectivity index (χ1) is 9.40. The van der Waals surface area contributed by atoms with Crippen LogP contribution in [0.2, 0.25) is 0 Å². The minimum atomic E-state index is -0.872. The Morgan fingerprint density at radius 1 is 1.40 bits per heavy atom. The fraction of sp³-hybridized carbons (Fsp3) is 0.385. The molecule has 0 radical (unpaired) electrons. The summed E-state index contributed by atoms with van der Waals surface area (Å²) >= 11 is 7.76. The van der Waals surface area contributed by atoms with Gasteiger partial charge < -0.3 is 10.6 Å². The fourth-order valence-corrected chi connectivity index (χ4v) is 2.45. The zero-order valence-electron chi connectivity index (χ0n) is 10.5. The lowest BCUT2D eigenvalue weighted by Gasteiger charge is -2.22. The van der Waals surface area contributed by atoms with E-state index in [9.17, 15) is 13.6 Å². The molecule has 1 aliphatic carbocycles. The number of nitrogens with two attached hydrogens (primary N) is 1. The minimum absolute atomic E-state index is 0.0271. The maximum absolute atomic E-state index is 13.8. The second-order valence-electron chi connectivity index (χ2n) is 4.69. The Kier molecular flexibility index (Phi) is 4.70. The Hall–Kier alpha value is -1.08. The Labute approximate surface area is 129 Å². The molecule has 1 aliphatic rings. The van der Waals surface area contributed by atoms with Crippen LogP contribution >= 0.6 is 28.1 Å². The largest absolute Gasteiger partial charge is 0.393 e. The van der Waals surface area contributed by atoms with Crippen LogP contribution in [0.15, 0.2) is 16.6 Å². The van der Waals surface area contributed by atoms with E-state index in [4.69, 9.17) is 18.0 Å². The van der Waals surface area contributed by atoms with Gasteiger partial charge in [-0.2, -0.15) is 0 Å². The third kappa shape index (κ3) is 3.52. The standard InChI is InChI=1S/C13H13BrF2N2OS/c14-7-5-9(15)12(10(16)6-7)13(19)18(8-1-2-8)4-3-11(17)20/h5-6,8H,1-4H2,(H2,17,20). The monoisotopic (exact) mass is 362 g/mol. The van der Waals surface area contributed by atoms with Crippen LogP contribution in [0.3, 0.4) is 0 Å². The van der Waals surface area contributed by atoms with Crippen molar-refractivity contribution in [2.75, 3.05) is 6.54 Å². The number of hydrogen-bond acceptors (Lipinski definition) is 2. The van der Waals surface area contributed by atoms with Crippen LogP contribution in [0, 0.1) is 11.6 Å². The Balaban J connectivity index is 2.25. The highest BCUT2D eigenvalue weighted by molar-refractivity contribution is 9.10. The van der Waals surface area contributed by atoms with E-state index < -0.39 is 23.1 Å². The van der Waals surface area contributed by atoms with E-state index in [0.29, 0.717) is 6.42 Å². The fourth-order valence-electron chi connectivity index (χ4n) is 1.96. The third-order valence-corrected chi connectivity index (χ3v) is 3.73. The average Bonchev–Trinajstić information content (AvgIpc) is 3.11. The zero-order valence-corrected chi connectivity index (χ0v) is 12.9. The molecule has 0 unspecified atom stereocenters. The second kappa shape index (κ2) is 6.13. The van der Waals surface area contributed by atoms with E-state index in [1.165, 1.54) is 4.90 Å². The van der Waals surface area contributed by atoms with Crippen LogP contribution in [0.25, 0.3) is 0 Å². The molecular weight excluding hydrogens is 350 g/mol. The summed E-state index contributed by atoms with van der Waals surface area (Å²) < 4.78 is 27.9. The van der Waals surface area contributed by atoms with E-state index in [-0.39, 0.29) is 22.0 Å². The molecule has 1 aromatic carbocycles. The highest BCUT2D eigenvalue weighted by Crippen LogP contribution is 2.30. The molecule has 1 saturated carbocycles. The lowest BCUT2D eigenvalue weighted by Crippen LogP contribution is -2.36. The predicted octanol–water partition coefficient (Wildman–Crippen LogP) is 3.01. The third-order valence-electron chi connectivity index (χ3n) is 3.07. The molecule has 0 aliphatic heterocycles. The molecule has 7 heteroatoms. The van der Waals surface area contributed by atoms with Crippen LogP contribution in [-0.2, 0) is 0 Å². The van der Waals surface area contributed by atoms with E-state index in [1.54, 1.807) is 0 Å². The van der Waals surface area contributed by atoms with Gasteiger partial charge in [-0.3, -0.25) is 4.79 Å². The van der Waals surface area contributed by atoms with Gasteiger partial charge in [-0.25, -0.2) is 8.78 Å². The van der Waals surface area contributed by atoms with Crippen molar-refractivity contribution in [3.8, 4) is 0 Å². The molecule has 2 N–H and O–H groups in total. The summed E-state index contributed by atoms with van der Waals surface area (Å²) in [6, 6.07) is 2.18. The van der Waals surface area contributed by atoms with Crippen LogP contribution in [0.4, 0.5) is 8.78 Å². The molecule has 20 heavy (non-hydrogen) atoms. The van der Waals surface area contributed by atoms with Crippen molar-refractivity contribution in [3.05, 3.63) is 33.8 Å². The highest BCUT2D eigenvalue weighted by Gasteiger charge is 2.35. The first kappa shape index (κ1) is 15.3. The first-order valence-corrected chi connectivity index (χ1v) is 7.34. The summed E-state index contributed by atoms with van der Waals surface area (Å²) in [5, 5.41) is 0. The van der Waals surface area contributed by atoms with E-state index >= 15 is 0 Å². The molecule has 1 aromatic rings. The topological polar surface area (TPSA) is 46.3 Å². The van der Waals surface area contributed by atoms with Crippen LogP contribution in [-0.4, -0.2) is 28.4 Å². The van der Waals surface area contributed by atoms with Gasteiger partial charge in [0.2, 0.25) is 0 Å². The molecule has 0 saturated heterocycles. The number of carbonyl (C=O) groups excluding carboxylic acids is 1. The van der Waals surface area contributed by atoms with Gasteiger partial charge in [0.25, 0.3) is 5.91 Å². The molecule has 0 aromatic heterocycles. The number of nitrogens with zero attached hydrogens (tertiary/aromatic N) is 1. The summed E-state index contributed by atoms with van der Waals surface area (Å²) in [5.74, 6) is -2.39. The average molecular weight is 363 g/mol. The lowest BCUT2D eigenvalue weighted by molar-refractivity contribution is 0.0738. The quantitative estimate of drug-likeness (QED) is 0.819. The van der Waals surface area contributed by atoms with Gasteiger partial charge in [0, 0.05) is 23.5 Å². The smallest absolute Gasteiger partial charge is 0.260 e. The van der Waals surface area contributed by atoms with Crippen molar-refractivity contribution >= 4 is 39.0 Å². The summed E-state index contributed by atoms with van der Waals surface area (Å²) in [6.45, 7) is 0.285. The van der Waals surface area contributed by atoms with E-state index in [0.717, 1.165) is 25.0 Å². The molecule has 0 heterocycles. The van der Waals surface area contributed by atoms with Gasteiger partial charge in [0.15, 0.2) is 0 Å². The highest BCUT2D eigenvalue weighted by atomic mass is 79.9. The molecule has 1 fully saturated rings. The minimum Gasteiger partial charge on any atom is -0.393 e. The molecule has 3 nitrogen and oxygen atoms in total. The summed E-state index contributed by atoms with van der Waals surface area (Å²) in [5.41, 5.74) is 4.89. The van der Waals surface area contributed by atoms with Crippen molar-refractivity contribution in [2.45, 2.75) is 25.3 Å². The number of thiocarbonyl (C=S) groups is 1. The second-order valence-corrected chi connectivity index (χ2v) is 6.13. The molecule has 1 amide bonds.